The van der Waals surface area contributed by atoms with Crippen LogP contribution < -0.4 is 10.5 Å². The smallest absolute Gasteiger partial charge is 0.323 e. The van der Waals surface area contributed by atoms with E-state index in [2.05, 4.69) is 0 Å². The van der Waals surface area contributed by atoms with Crippen LogP contribution in [0.2, 0.25) is 0 Å². The van der Waals surface area contributed by atoms with E-state index in [-0.39, 0.29) is 13.0 Å². The van der Waals surface area contributed by atoms with E-state index in [9.17, 15) is 9.18 Å². The summed E-state index contributed by atoms with van der Waals surface area (Å²) < 4.78 is 22.3. The van der Waals surface area contributed by atoms with E-state index < -0.39 is 18.2 Å². The third kappa shape index (κ3) is 5.69. The molecule has 0 aliphatic carbocycles. The van der Waals surface area contributed by atoms with Crippen LogP contribution in [0.15, 0.2) is 18.2 Å². The highest BCUT2D eigenvalue weighted by atomic mass is 19.1. The third-order valence-electron chi connectivity index (χ3n) is 3.08. The predicted octanol–water partition coefficient (Wildman–Crippen LogP) is 1.70. The number of aliphatic carboxylic acids is 1. The number of ether oxygens (including phenoxy) is 2. The summed E-state index contributed by atoms with van der Waals surface area (Å²) in [6, 6.07) is 5.42. The van der Waals surface area contributed by atoms with Crippen LogP contribution in [-0.2, 0) is 16.0 Å². The predicted molar refractivity (Wildman–Crippen MR) is 77.4 cm³/mol. The fraction of sp³-hybridized carbons (Fsp3) is 0.533. The standard InChI is InChI=1S/C15H22FNO4/c1-11-3-4-13(21-8-7-20-6-5-16)9-12(11)10-15(2,17)14(18)19/h3-4,9H,5-8,10,17H2,1-2H3,(H,18,19). The second-order valence-corrected chi connectivity index (χ2v) is 5.14. The van der Waals surface area contributed by atoms with Crippen molar-refractivity contribution < 1.29 is 23.8 Å². The van der Waals surface area contributed by atoms with Crippen LogP contribution in [-0.4, -0.2) is 43.1 Å². The van der Waals surface area contributed by atoms with E-state index in [0.717, 1.165) is 11.1 Å². The van der Waals surface area contributed by atoms with Crippen LogP contribution in [0.5, 0.6) is 5.75 Å². The maximum atomic E-state index is 11.8. The molecule has 0 fully saturated rings. The fourth-order valence-corrected chi connectivity index (χ4v) is 1.77. The highest BCUT2D eigenvalue weighted by Crippen LogP contribution is 2.21. The molecule has 0 amide bonds. The molecule has 1 atom stereocenters. The molecule has 0 heterocycles. The number of halogens is 1. The van der Waals surface area contributed by atoms with E-state index >= 15 is 0 Å². The Kier molecular flexibility index (Phi) is 6.58. The first-order chi connectivity index (χ1) is 9.86. The van der Waals surface area contributed by atoms with Crippen LogP contribution in [0, 0.1) is 6.92 Å². The second kappa shape index (κ2) is 7.95. The molecule has 5 nitrogen and oxygen atoms in total. The van der Waals surface area contributed by atoms with Gasteiger partial charge in [-0.15, -0.1) is 0 Å². The molecule has 0 spiro atoms. The molecule has 21 heavy (non-hydrogen) atoms. The minimum absolute atomic E-state index is 0.0622. The van der Waals surface area contributed by atoms with Crippen molar-refractivity contribution in [2.24, 2.45) is 5.73 Å². The second-order valence-electron chi connectivity index (χ2n) is 5.14. The van der Waals surface area contributed by atoms with Crippen LogP contribution in [0.25, 0.3) is 0 Å². The molecule has 0 saturated carbocycles. The zero-order valence-corrected chi connectivity index (χ0v) is 12.4. The van der Waals surface area contributed by atoms with Gasteiger partial charge in [-0.1, -0.05) is 6.07 Å². The van der Waals surface area contributed by atoms with Crippen molar-refractivity contribution in [2.45, 2.75) is 25.8 Å². The quantitative estimate of drug-likeness (QED) is 0.678. The number of alkyl halides is 1. The molecule has 0 aliphatic heterocycles. The number of hydrogen-bond donors (Lipinski definition) is 2. The van der Waals surface area contributed by atoms with Crippen LogP contribution in [0.4, 0.5) is 4.39 Å². The Hall–Kier alpha value is -1.66. The molecule has 0 aliphatic rings. The van der Waals surface area contributed by atoms with Gasteiger partial charge in [-0.05, 0) is 37.1 Å². The highest BCUT2D eigenvalue weighted by Gasteiger charge is 2.28. The molecule has 6 heteroatoms. The fourth-order valence-electron chi connectivity index (χ4n) is 1.77. The van der Waals surface area contributed by atoms with Gasteiger partial charge in [0.25, 0.3) is 0 Å². The lowest BCUT2D eigenvalue weighted by Crippen LogP contribution is -2.46. The first-order valence-corrected chi connectivity index (χ1v) is 6.75. The monoisotopic (exact) mass is 299 g/mol. The van der Waals surface area contributed by atoms with E-state index in [1.54, 1.807) is 12.1 Å². The molecule has 0 aromatic heterocycles. The average molecular weight is 299 g/mol. The SMILES string of the molecule is Cc1ccc(OCCOCCF)cc1CC(C)(N)C(=O)O. The van der Waals surface area contributed by atoms with Gasteiger partial charge in [0.2, 0.25) is 0 Å². The number of aryl methyl sites for hydroxylation is 1. The maximum Gasteiger partial charge on any atom is 0.323 e. The van der Waals surface area contributed by atoms with Crippen LogP contribution >= 0.6 is 0 Å². The van der Waals surface area contributed by atoms with E-state index in [0.29, 0.717) is 19.0 Å². The zero-order chi connectivity index (χ0) is 15.9. The van der Waals surface area contributed by atoms with Gasteiger partial charge in [-0.25, -0.2) is 4.39 Å². The van der Waals surface area contributed by atoms with Gasteiger partial charge < -0.3 is 20.3 Å². The number of nitrogens with two attached hydrogens (primary N) is 1. The molecular weight excluding hydrogens is 277 g/mol. The number of carboxylic acids is 1. The topological polar surface area (TPSA) is 81.8 Å². The van der Waals surface area contributed by atoms with Crippen molar-refractivity contribution in [1.82, 2.24) is 0 Å². The molecule has 1 unspecified atom stereocenters. The maximum absolute atomic E-state index is 11.8. The molecule has 3 N–H and O–H groups in total. The minimum atomic E-state index is -1.33. The minimum Gasteiger partial charge on any atom is -0.491 e. The summed E-state index contributed by atoms with van der Waals surface area (Å²) in [6.07, 6.45) is 0.212. The van der Waals surface area contributed by atoms with Crippen molar-refractivity contribution in [3.05, 3.63) is 29.3 Å². The normalized spacial score (nSPS) is 13.7. The lowest BCUT2D eigenvalue weighted by Gasteiger charge is -2.20. The first-order valence-electron chi connectivity index (χ1n) is 6.75. The lowest BCUT2D eigenvalue weighted by molar-refractivity contribution is -0.142. The largest absolute Gasteiger partial charge is 0.491 e. The molecular formula is C15H22FNO4. The van der Waals surface area contributed by atoms with Gasteiger partial charge in [-0.2, -0.15) is 0 Å². The molecule has 0 bridgehead atoms. The summed E-state index contributed by atoms with van der Waals surface area (Å²) in [6.45, 7) is 3.53. The Morgan fingerprint density at radius 3 is 2.71 bits per heavy atom. The molecule has 1 aromatic carbocycles. The van der Waals surface area contributed by atoms with Gasteiger partial charge in [0.15, 0.2) is 0 Å². The van der Waals surface area contributed by atoms with Gasteiger partial charge in [0.1, 0.15) is 24.6 Å². The Balaban J connectivity index is 2.65. The number of rotatable bonds is 9. The average Bonchev–Trinajstić information content (AvgIpc) is 2.41. The number of hydrogen-bond acceptors (Lipinski definition) is 4. The van der Waals surface area contributed by atoms with Gasteiger partial charge in [0, 0.05) is 6.42 Å². The van der Waals surface area contributed by atoms with E-state index in [1.165, 1.54) is 6.92 Å². The molecule has 1 aromatic rings. The van der Waals surface area contributed by atoms with Crippen LogP contribution in [0.3, 0.4) is 0 Å². The van der Waals surface area contributed by atoms with E-state index in [4.69, 9.17) is 20.3 Å². The Morgan fingerprint density at radius 2 is 2.10 bits per heavy atom. The summed E-state index contributed by atoms with van der Waals surface area (Å²) in [7, 11) is 0. The molecule has 1 rings (SSSR count). The molecule has 0 saturated heterocycles. The zero-order valence-electron chi connectivity index (χ0n) is 12.4. The Labute approximate surface area is 123 Å². The van der Waals surface area contributed by atoms with Gasteiger partial charge in [0.05, 0.1) is 13.2 Å². The number of carbonyl (C=O) groups is 1. The van der Waals surface area contributed by atoms with Crippen molar-refractivity contribution in [3.8, 4) is 5.75 Å². The first kappa shape index (κ1) is 17.4. The molecule has 0 radical (unpaired) electrons. The van der Waals surface area contributed by atoms with E-state index in [1.807, 2.05) is 13.0 Å². The number of benzene rings is 1. The summed E-state index contributed by atoms with van der Waals surface area (Å²) in [4.78, 5) is 11.1. The van der Waals surface area contributed by atoms with Gasteiger partial charge in [-0.3, -0.25) is 4.79 Å². The van der Waals surface area contributed by atoms with Crippen molar-refractivity contribution >= 4 is 5.97 Å². The highest BCUT2D eigenvalue weighted by molar-refractivity contribution is 5.78. The van der Waals surface area contributed by atoms with Crippen LogP contribution in [0.1, 0.15) is 18.1 Å². The molecule has 118 valence electrons. The Morgan fingerprint density at radius 1 is 1.38 bits per heavy atom. The summed E-state index contributed by atoms with van der Waals surface area (Å²) >= 11 is 0. The van der Waals surface area contributed by atoms with Gasteiger partial charge >= 0.3 is 5.97 Å². The summed E-state index contributed by atoms with van der Waals surface area (Å²) in [5, 5.41) is 9.08. The van der Waals surface area contributed by atoms with Crippen molar-refractivity contribution in [2.75, 3.05) is 26.5 Å². The summed E-state index contributed by atoms with van der Waals surface area (Å²) in [5.74, 6) is -0.437. The lowest BCUT2D eigenvalue weighted by atomic mass is 9.91. The number of carboxylic acid groups (broad SMARTS) is 1. The third-order valence-corrected chi connectivity index (χ3v) is 3.08. The summed E-state index contributed by atoms with van der Waals surface area (Å²) in [5.41, 5.74) is 6.22. The van der Waals surface area contributed by atoms with Crippen molar-refractivity contribution in [1.29, 1.82) is 0 Å². The Bertz CT molecular complexity index is 477. The van der Waals surface area contributed by atoms with Crippen molar-refractivity contribution in [3.63, 3.8) is 0 Å².